The molecule has 1 aromatic heterocycles. The van der Waals surface area contributed by atoms with E-state index in [0.29, 0.717) is 25.1 Å². The summed E-state index contributed by atoms with van der Waals surface area (Å²) in [6, 6.07) is 14.3. The Labute approximate surface area is 186 Å². The second-order valence-electron chi connectivity index (χ2n) is 7.69. The number of anilines is 1. The first-order valence-corrected chi connectivity index (χ1v) is 10.8. The first-order valence-electron chi connectivity index (χ1n) is 10.8. The van der Waals surface area contributed by atoms with Gasteiger partial charge in [-0.25, -0.2) is 0 Å². The zero-order chi connectivity index (χ0) is 22.5. The van der Waals surface area contributed by atoms with Gasteiger partial charge >= 0.3 is 0 Å². The predicted octanol–water partition coefficient (Wildman–Crippen LogP) is 4.53. The number of aromatic hydroxyl groups is 1. The third kappa shape index (κ3) is 4.49. The average Bonchev–Trinajstić information content (AvgIpc) is 3.23. The van der Waals surface area contributed by atoms with E-state index in [9.17, 15) is 15.0 Å². The topological polar surface area (TPSA) is 101 Å². The summed E-state index contributed by atoms with van der Waals surface area (Å²) in [5.74, 6) is -0.737. The number of aliphatic hydroxyl groups excluding tert-OH is 1. The lowest BCUT2D eigenvalue weighted by atomic mass is 9.80. The van der Waals surface area contributed by atoms with Crippen LogP contribution in [0.4, 0.5) is 5.69 Å². The largest absolute Gasteiger partial charge is 0.506 e. The van der Waals surface area contributed by atoms with Crippen LogP contribution in [0.5, 0.6) is 5.75 Å². The number of rotatable bonds is 8. The lowest BCUT2D eigenvalue weighted by molar-refractivity contribution is -0.164. The molecule has 1 aliphatic rings. The Hall–Kier alpha value is -3.29. The predicted molar refractivity (Wildman–Crippen MR) is 120 cm³/mol. The summed E-state index contributed by atoms with van der Waals surface area (Å²) < 4.78 is 17.6. The molecule has 3 atom stereocenters. The molecule has 3 N–H and O–H groups in total. The zero-order valence-corrected chi connectivity index (χ0v) is 17.9. The van der Waals surface area contributed by atoms with E-state index < -0.39 is 12.2 Å². The van der Waals surface area contributed by atoms with Gasteiger partial charge in [-0.05, 0) is 44.0 Å². The highest BCUT2D eigenvalue weighted by molar-refractivity contribution is 6.03. The standard InChI is InChI=1S/C25H27NO6/c1-2-30-25-17(9-7-13-27)18(19-15-31-22-12-6-3-8-16(19)22)14-23(32-25)24(29)26-20-10-4-5-11-21(20)28/h3-6,8,10-12,14-15,17-18,25,27-28H,2,7,9,13H2,1H3,(H,26,29)/t17-,18-,25+/m1/s1. The molecule has 1 amide bonds. The lowest BCUT2D eigenvalue weighted by Crippen LogP contribution is -2.37. The average molecular weight is 437 g/mol. The molecule has 3 aromatic rings. The van der Waals surface area contributed by atoms with Gasteiger partial charge < -0.3 is 29.4 Å². The molecule has 7 heteroatoms. The summed E-state index contributed by atoms with van der Waals surface area (Å²) in [6.45, 7) is 2.33. The Morgan fingerprint density at radius 3 is 2.72 bits per heavy atom. The van der Waals surface area contributed by atoms with Crippen LogP contribution in [0.25, 0.3) is 11.0 Å². The van der Waals surface area contributed by atoms with Crippen LogP contribution in [0.15, 0.2) is 71.0 Å². The van der Waals surface area contributed by atoms with Gasteiger partial charge in [0.15, 0.2) is 5.76 Å². The Balaban J connectivity index is 1.73. The smallest absolute Gasteiger partial charge is 0.290 e. The number of ether oxygens (including phenoxy) is 2. The molecule has 32 heavy (non-hydrogen) atoms. The van der Waals surface area contributed by atoms with Gasteiger partial charge in [-0.15, -0.1) is 0 Å². The molecule has 0 spiro atoms. The molecule has 2 heterocycles. The highest BCUT2D eigenvalue weighted by Gasteiger charge is 2.39. The first kappa shape index (κ1) is 21.9. The minimum atomic E-state index is -0.666. The van der Waals surface area contributed by atoms with Crippen LogP contribution in [0.1, 0.15) is 31.2 Å². The number of nitrogens with one attached hydrogen (secondary N) is 1. The number of hydrogen-bond acceptors (Lipinski definition) is 6. The molecule has 2 aromatic carbocycles. The van der Waals surface area contributed by atoms with Crippen LogP contribution in [0.3, 0.4) is 0 Å². The molecule has 0 radical (unpaired) electrons. The van der Waals surface area contributed by atoms with Crippen molar-refractivity contribution in [3.8, 4) is 5.75 Å². The number of para-hydroxylation sites is 3. The maximum Gasteiger partial charge on any atom is 0.290 e. The van der Waals surface area contributed by atoms with Crippen molar-refractivity contribution in [2.45, 2.75) is 32.0 Å². The summed E-state index contributed by atoms with van der Waals surface area (Å²) in [7, 11) is 0. The number of phenolic OH excluding ortho intramolecular Hbond substituents is 1. The monoisotopic (exact) mass is 437 g/mol. The molecule has 0 saturated heterocycles. The van der Waals surface area contributed by atoms with E-state index in [2.05, 4.69) is 5.32 Å². The molecule has 168 valence electrons. The number of hydrogen-bond donors (Lipinski definition) is 3. The molecule has 0 bridgehead atoms. The number of carbonyl (C=O) groups is 1. The van der Waals surface area contributed by atoms with Crippen molar-refractivity contribution in [1.82, 2.24) is 0 Å². The van der Waals surface area contributed by atoms with Crippen molar-refractivity contribution in [2.24, 2.45) is 5.92 Å². The van der Waals surface area contributed by atoms with Gasteiger partial charge in [0.1, 0.15) is 11.3 Å². The lowest BCUT2D eigenvalue weighted by Gasteiger charge is -2.36. The quantitative estimate of drug-likeness (QED) is 0.448. The number of amides is 1. The fraction of sp³-hybridized carbons (Fsp3) is 0.320. The van der Waals surface area contributed by atoms with Gasteiger partial charge in [0.05, 0.1) is 12.0 Å². The van der Waals surface area contributed by atoms with Crippen molar-refractivity contribution in [2.75, 3.05) is 18.5 Å². The number of furan rings is 1. The number of phenols is 1. The normalized spacial score (nSPS) is 20.6. The molecule has 0 aliphatic carbocycles. The fourth-order valence-electron chi connectivity index (χ4n) is 4.14. The number of carbonyl (C=O) groups excluding carboxylic acids is 1. The molecule has 7 nitrogen and oxygen atoms in total. The van der Waals surface area contributed by atoms with Crippen LogP contribution in [-0.2, 0) is 14.3 Å². The molecular formula is C25H27NO6. The summed E-state index contributed by atoms with van der Waals surface area (Å²) >= 11 is 0. The minimum Gasteiger partial charge on any atom is -0.506 e. The van der Waals surface area contributed by atoms with Gasteiger partial charge in [-0.1, -0.05) is 30.3 Å². The van der Waals surface area contributed by atoms with E-state index in [1.807, 2.05) is 31.2 Å². The maximum absolute atomic E-state index is 13.0. The SMILES string of the molecule is CCO[C@H]1OC(C(=O)Nc2ccccc2O)=C[C@@H](c2coc3ccccc23)[C@H]1CCCO. The third-order valence-corrected chi connectivity index (χ3v) is 5.66. The summed E-state index contributed by atoms with van der Waals surface area (Å²) in [5.41, 5.74) is 1.99. The van der Waals surface area contributed by atoms with Gasteiger partial charge in [0.25, 0.3) is 5.91 Å². The molecule has 0 unspecified atom stereocenters. The van der Waals surface area contributed by atoms with Crippen molar-refractivity contribution in [3.05, 3.63) is 72.2 Å². The van der Waals surface area contributed by atoms with E-state index in [-0.39, 0.29) is 30.0 Å². The van der Waals surface area contributed by atoms with E-state index in [0.717, 1.165) is 16.5 Å². The van der Waals surface area contributed by atoms with Crippen LogP contribution in [0.2, 0.25) is 0 Å². The van der Waals surface area contributed by atoms with Crippen molar-refractivity contribution in [3.63, 3.8) is 0 Å². The second kappa shape index (κ2) is 9.89. The van der Waals surface area contributed by atoms with Crippen molar-refractivity contribution >= 4 is 22.6 Å². The molecular weight excluding hydrogens is 410 g/mol. The Kier molecular flexibility index (Phi) is 6.78. The number of allylic oxidation sites excluding steroid dienone is 1. The van der Waals surface area contributed by atoms with Gasteiger partial charge in [0.2, 0.25) is 6.29 Å². The van der Waals surface area contributed by atoms with E-state index >= 15 is 0 Å². The fourth-order valence-corrected chi connectivity index (χ4v) is 4.14. The summed E-state index contributed by atoms with van der Waals surface area (Å²) in [4.78, 5) is 13.0. The van der Waals surface area contributed by atoms with Gasteiger partial charge in [-0.2, -0.15) is 0 Å². The highest BCUT2D eigenvalue weighted by Crippen LogP contribution is 2.42. The molecule has 4 rings (SSSR count). The molecule has 1 aliphatic heterocycles. The maximum atomic E-state index is 13.0. The van der Waals surface area contributed by atoms with Crippen molar-refractivity contribution < 1.29 is 28.9 Å². The Morgan fingerprint density at radius 1 is 1.16 bits per heavy atom. The summed E-state index contributed by atoms with van der Waals surface area (Å²) in [6.07, 6.45) is 4.06. The van der Waals surface area contributed by atoms with Crippen LogP contribution < -0.4 is 5.32 Å². The Bertz CT molecular complexity index is 1100. The zero-order valence-electron chi connectivity index (χ0n) is 17.9. The van der Waals surface area contributed by atoms with Crippen LogP contribution >= 0.6 is 0 Å². The van der Waals surface area contributed by atoms with E-state index in [1.165, 1.54) is 6.07 Å². The minimum absolute atomic E-state index is 0.0307. The van der Waals surface area contributed by atoms with Crippen LogP contribution in [0, 0.1) is 5.92 Å². The van der Waals surface area contributed by atoms with Crippen LogP contribution in [-0.4, -0.2) is 35.6 Å². The number of aliphatic hydroxyl groups is 1. The van der Waals surface area contributed by atoms with E-state index in [4.69, 9.17) is 13.9 Å². The van der Waals surface area contributed by atoms with Gasteiger partial charge in [-0.3, -0.25) is 4.79 Å². The first-order chi connectivity index (χ1) is 15.6. The number of fused-ring (bicyclic) bond motifs is 1. The molecule has 0 fully saturated rings. The highest BCUT2D eigenvalue weighted by atomic mass is 16.7. The van der Waals surface area contributed by atoms with E-state index in [1.54, 1.807) is 30.5 Å². The summed E-state index contributed by atoms with van der Waals surface area (Å²) in [5, 5.41) is 23.1. The second-order valence-corrected chi connectivity index (χ2v) is 7.69. The molecule has 0 saturated carbocycles. The number of benzene rings is 2. The third-order valence-electron chi connectivity index (χ3n) is 5.66. The Morgan fingerprint density at radius 2 is 1.94 bits per heavy atom. The van der Waals surface area contributed by atoms with Gasteiger partial charge in [0, 0.05) is 36.0 Å². The van der Waals surface area contributed by atoms with Crippen molar-refractivity contribution in [1.29, 1.82) is 0 Å².